The first-order valence-corrected chi connectivity index (χ1v) is 16.0. The van der Waals surface area contributed by atoms with Crippen molar-refractivity contribution in [1.82, 2.24) is 20.2 Å². The molecule has 6 aliphatic rings. The summed E-state index contributed by atoms with van der Waals surface area (Å²) >= 11 is 6.76. The first-order chi connectivity index (χ1) is 20.5. The highest BCUT2D eigenvalue weighted by Gasteiger charge is 2.47. The van der Waals surface area contributed by atoms with E-state index in [4.69, 9.17) is 31.0 Å². The van der Waals surface area contributed by atoms with Crippen molar-refractivity contribution in [2.24, 2.45) is 0 Å². The Morgan fingerprint density at radius 1 is 1.12 bits per heavy atom. The van der Waals surface area contributed by atoms with Crippen LogP contribution in [0, 0.1) is 0 Å². The van der Waals surface area contributed by atoms with Crippen LogP contribution in [0.4, 0.5) is 11.5 Å². The molecule has 2 aromatic carbocycles. The van der Waals surface area contributed by atoms with E-state index in [0.717, 1.165) is 46.5 Å². The quantitative estimate of drug-likeness (QED) is 0.461. The molecule has 0 radical (unpaired) electrons. The Hall–Kier alpha value is -2.85. The summed E-state index contributed by atoms with van der Waals surface area (Å²) < 4.78 is 13.3. The number of piperazine rings is 1. The first kappa shape index (κ1) is 25.6. The number of anilines is 2. The number of hydrogen-bond donors (Lipinski definition) is 2. The molecule has 4 unspecified atom stereocenters. The van der Waals surface area contributed by atoms with Crippen molar-refractivity contribution in [3.05, 3.63) is 46.6 Å². The molecular weight excluding hydrogens is 552 g/mol. The Kier molecular flexibility index (Phi) is 5.84. The third-order valence-corrected chi connectivity index (χ3v) is 11.2. The third kappa shape index (κ3) is 3.93. The standard InChI is InChI=1S/C32H37ClN6O3/c33-22-5-1-4-19-12-21(40)13-25(28(19)22)37-15-24-29-27(16-37)41-17-26-23-7-6-20(34-23)14-39(26)30(29)36-31(35-24)42-18-32-8-2-10-38(32)11-3-9-32/h1,4-5,12-13,20,23,26-27,34,40H,2-3,6-11,14-18H2. The summed E-state index contributed by atoms with van der Waals surface area (Å²) in [5.74, 6) is 1.21. The van der Waals surface area contributed by atoms with Crippen LogP contribution in [-0.2, 0) is 11.3 Å². The average molecular weight is 589 g/mol. The van der Waals surface area contributed by atoms with Crippen LogP contribution in [0.2, 0.25) is 5.02 Å². The van der Waals surface area contributed by atoms with Crippen molar-refractivity contribution in [2.75, 3.05) is 49.2 Å². The largest absolute Gasteiger partial charge is 0.508 e. The van der Waals surface area contributed by atoms with Gasteiger partial charge in [-0.15, -0.1) is 0 Å². The molecule has 0 aliphatic carbocycles. The van der Waals surface area contributed by atoms with Gasteiger partial charge in [-0.3, -0.25) is 4.90 Å². The van der Waals surface area contributed by atoms with E-state index in [0.29, 0.717) is 49.4 Å². The summed E-state index contributed by atoms with van der Waals surface area (Å²) in [6.45, 7) is 5.72. The Balaban J connectivity index is 1.14. The molecule has 4 atom stereocenters. The predicted octanol–water partition coefficient (Wildman–Crippen LogP) is 4.40. The van der Waals surface area contributed by atoms with Gasteiger partial charge >= 0.3 is 6.01 Å². The molecule has 0 spiro atoms. The molecule has 3 aromatic rings. The van der Waals surface area contributed by atoms with E-state index in [1.807, 2.05) is 24.3 Å². The third-order valence-electron chi connectivity index (χ3n) is 10.8. The summed E-state index contributed by atoms with van der Waals surface area (Å²) in [5, 5.41) is 17.0. The molecule has 220 valence electrons. The van der Waals surface area contributed by atoms with Crippen molar-refractivity contribution in [1.29, 1.82) is 0 Å². The van der Waals surface area contributed by atoms with Crippen molar-refractivity contribution in [3.8, 4) is 11.8 Å². The molecule has 10 heteroatoms. The predicted molar refractivity (Wildman–Crippen MR) is 162 cm³/mol. The monoisotopic (exact) mass is 588 g/mol. The summed E-state index contributed by atoms with van der Waals surface area (Å²) in [6, 6.07) is 11.0. The van der Waals surface area contributed by atoms with E-state index >= 15 is 0 Å². The minimum Gasteiger partial charge on any atom is -0.508 e. The number of aromatic hydroxyl groups is 1. The zero-order chi connectivity index (χ0) is 28.0. The van der Waals surface area contributed by atoms with Crippen molar-refractivity contribution in [2.45, 2.75) is 74.8 Å². The van der Waals surface area contributed by atoms with Gasteiger partial charge in [0.15, 0.2) is 0 Å². The zero-order valence-corrected chi connectivity index (χ0v) is 24.5. The fraction of sp³-hybridized carbons (Fsp3) is 0.562. The van der Waals surface area contributed by atoms with Gasteiger partial charge in [0.1, 0.15) is 24.3 Å². The summed E-state index contributed by atoms with van der Waals surface area (Å²) in [4.78, 5) is 17.7. The zero-order valence-electron chi connectivity index (χ0n) is 23.8. The van der Waals surface area contributed by atoms with Gasteiger partial charge in [-0.05, 0) is 69.1 Å². The van der Waals surface area contributed by atoms with Crippen LogP contribution < -0.4 is 19.9 Å². The first-order valence-electron chi connectivity index (χ1n) is 15.6. The molecule has 2 N–H and O–H groups in total. The number of fused-ring (bicyclic) bond motifs is 7. The lowest BCUT2D eigenvalue weighted by Gasteiger charge is -2.41. The van der Waals surface area contributed by atoms with Crippen LogP contribution in [0.1, 0.15) is 55.9 Å². The van der Waals surface area contributed by atoms with Crippen LogP contribution >= 0.6 is 11.6 Å². The molecule has 9 nitrogen and oxygen atoms in total. The van der Waals surface area contributed by atoms with Crippen LogP contribution in [0.3, 0.4) is 0 Å². The van der Waals surface area contributed by atoms with Crippen LogP contribution in [-0.4, -0.2) is 83.0 Å². The van der Waals surface area contributed by atoms with E-state index in [1.54, 1.807) is 6.07 Å². The second kappa shape index (κ2) is 9.58. The molecule has 4 fully saturated rings. The Bertz CT molecular complexity index is 1560. The fourth-order valence-corrected chi connectivity index (χ4v) is 9.16. The molecule has 0 amide bonds. The number of hydrogen-bond acceptors (Lipinski definition) is 9. The molecule has 7 heterocycles. The van der Waals surface area contributed by atoms with Gasteiger partial charge in [0, 0.05) is 42.2 Å². The van der Waals surface area contributed by atoms with Gasteiger partial charge < -0.3 is 29.7 Å². The van der Waals surface area contributed by atoms with Crippen molar-refractivity contribution in [3.63, 3.8) is 0 Å². The maximum atomic E-state index is 10.7. The van der Waals surface area contributed by atoms with Gasteiger partial charge in [0.25, 0.3) is 0 Å². The number of rotatable bonds is 4. The summed E-state index contributed by atoms with van der Waals surface area (Å²) in [5.41, 5.74) is 3.05. The van der Waals surface area contributed by atoms with Gasteiger partial charge in [-0.1, -0.05) is 23.7 Å². The van der Waals surface area contributed by atoms with Crippen molar-refractivity contribution >= 4 is 33.9 Å². The van der Waals surface area contributed by atoms with Crippen LogP contribution in [0.15, 0.2) is 30.3 Å². The van der Waals surface area contributed by atoms with E-state index in [-0.39, 0.29) is 23.4 Å². The number of halogens is 1. The Morgan fingerprint density at radius 2 is 2.00 bits per heavy atom. The lowest BCUT2D eigenvalue weighted by atomic mass is 9.95. The van der Waals surface area contributed by atoms with Gasteiger partial charge in [0.2, 0.25) is 0 Å². The average Bonchev–Trinajstić information content (AvgIpc) is 3.66. The highest BCUT2D eigenvalue weighted by atomic mass is 35.5. The van der Waals surface area contributed by atoms with E-state index in [2.05, 4.69) is 20.0 Å². The number of phenols is 1. The smallest absolute Gasteiger partial charge is 0.318 e. The van der Waals surface area contributed by atoms with Gasteiger partial charge in [0.05, 0.1) is 41.1 Å². The number of nitrogens with one attached hydrogen (secondary N) is 1. The molecule has 2 bridgehead atoms. The van der Waals surface area contributed by atoms with Gasteiger partial charge in [-0.25, -0.2) is 0 Å². The summed E-state index contributed by atoms with van der Waals surface area (Å²) in [6.07, 6.45) is 7.00. The van der Waals surface area contributed by atoms with Gasteiger partial charge in [-0.2, -0.15) is 9.97 Å². The Labute approximate surface area is 250 Å². The highest BCUT2D eigenvalue weighted by Crippen LogP contribution is 2.46. The molecular formula is C32H37ClN6O3. The number of nitrogens with zero attached hydrogens (tertiary/aromatic N) is 5. The summed E-state index contributed by atoms with van der Waals surface area (Å²) in [7, 11) is 0. The van der Waals surface area contributed by atoms with E-state index in [1.165, 1.54) is 45.2 Å². The highest BCUT2D eigenvalue weighted by molar-refractivity contribution is 6.36. The number of ether oxygens (including phenoxy) is 2. The SMILES string of the molecule is Oc1cc(N2Cc3nc(OCC45CCCN4CCC5)nc4c3C(C2)OCC2C3CCC(CN42)N3)c2c(Cl)cccc2c1. The Morgan fingerprint density at radius 3 is 2.88 bits per heavy atom. The lowest BCUT2D eigenvalue weighted by Crippen LogP contribution is -2.59. The second-order valence-corrected chi connectivity index (χ2v) is 13.6. The topological polar surface area (TPSA) is 86.2 Å². The minimum atomic E-state index is -0.194. The number of aromatic nitrogens is 2. The normalized spacial score (nSPS) is 29.4. The second-order valence-electron chi connectivity index (χ2n) is 13.2. The van der Waals surface area contributed by atoms with Crippen molar-refractivity contribution < 1.29 is 14.6 Å². The number of benzene rings is 2. The van der Waals surface area contributed by atoms with E-state index in [9.17, 15) is 5.11 Å². The minimum absolute atomic E-state index is 0.124. The maximum absolute atomic E-state index is 10.7. The molecule has 1 aromatic heterocycles. The maximum Gasteiger partial charge on any atom is 0.318 e. The molecule has 4 saturated heterocycles. The molecule has 0 saturated carbocycles. The molecule has 6 aliphatic heterocycles. The van der Waals surface area contributed by atoms with Crippen LogP contribution in [0.25, 0.3) is 10.8 Å². The molecule has 42 heavy (non-hydrogen) atoms. The lowest BCUT2D eigenvalue weighted by molar-refractivity contribution is 0.0414. The molecule has 9 rings (SSSR count). The number of phenolic OH excluding ortho intramolecular Hbond substituents is 1. The van der Waals surface area contributed by atoms with Crippen LogP contribution in [0.5, 0.6) is 11.8 Å². The fourth-order valence-electron chi connectivity index (χ4n) is 8.88. The van der Waals surface area contributed by atoms with E-state index < -0.39 is 0 Å².